The molecule has 0 amide bonds. The van der Waals surface area contributed by atoms with Gasteiger partial charge in [0.1, 0.15) is 6.54 Å². The van der Waals surface area contributed by atoms with Gasteiger partial charge in [-0.1, -0.05) is 153 Å². The van der Waals surface area contributed by atoms with E-state index in [1.165, 1.54) is 155 Å². The molecule has 1 unspecified atom stereocenters. The number of quaternary nitrogens is 1. The summed E-state index contributed by atoms with van der Waals surface area (Å²) in [5.74, 6) is -0.0251. The maximum atomic E-state index is 12.7. The third-order valence-corrected chi connectivity index (χ3v) is 11.5. The van der Waals surface area contributed by atoms with E-state index in [2.05, 4.69) is 60.8 Å². The zero-order chi connectivity index (χ0) is 36.2. The summed E-state index contributed by atoms with van der Waals surface area (Å²) < 4.78 is 9.22. The van der Waals surface area contributed by atoms with Crippen molar-refractivity contribution in [1.82, 2.24) is 9.55 Å². The Bertz CT molecular complexity index is 1410. The second-order valence-electron chi connectivity index (χ2n) is 16.4. The fraction of sp³-hybridized carbons (Fsp3) is 0.696. The lowest BCUT2D eigenvalue weighted by Gasteiger charge is -2.37. The molecule has 284 valence electrons. The smallest absolute Gasteiger partial charge is 0.310 e. The lowest BCUT2D eigenvalue weighted by atomic mass is 10.0. The summed E-state index contributed by atoms with van der Waals surface area (Å²) in [5.41, 5.74) is 7.85. The number of aromatic nitrogens is 2. The molecule has 4 rings (SSSR count). The molecule has 0 aliphatic carbocycles. The van der Waals surface area contributed by atoms with Gasteiger partial charge >= 0.3 is 5.97 Å². The standard InChI is InChI=1S/C46H74N3O2/c1-5-6-7-8-9-10-11-12-13-14-15-16-17-18-19-20-21-22-23-24-25-26-46(50)51-38-49(4)34-32-45-43(37-49)42-35-39(2)27-30-44(42)48(45)33-31-41-29-28-40(3)47-36-41/h27-30,35-36H,5-26,31-34,37-38H2,1-4H3/q+1. The van der Waals surface area contributed by atoms with E-state index < -0.39 is 0 Å². The molecule has 0 saturated heterocycles. The van der Waals surface area contributed by atoms with Crippen LogP contribution in [0.5, 0.6) is 0 Å². The number of carbonyl (C=O) groups is 1. The zero-order valence-electron chi connectivity index (χ0n) is 33.4. The number of aryl methyl sites for hydroxylation is 4. The minimum atomic E-state index is -0.0251. The van der Waals surface area contributed by atoms with Crippen LogP contribution in [0, 0.1) is 13.8 Å². The van der Waals surface area contributed by atoms with Crippen LogP contribution in [0.4, 0.5) is 0 Å². The molecule has 0 radical (unpaired) electrons. The van der Waals surface area contributed by atoms with Gasteiger partial charge in [0.05, 0.1) is 13.6 Å². The number of likely N-dealkylation sites (N-methyl/N-ethyl adjacent to an activating group) is 1. The van der Waals surface area contributed by atoms with Crippen molar-refractivity contribution >= 4 is 16.9 Å². The van der Waals surface area contributed by atoms with Crippen LogP contribution in [-0.2, 0) is 35.5 Å². The summed E-state index contributed by atoms with van der Waals surface area (Å²) in [6.07, 6.45) is 33.4. The molecule has 3 aromatic rings. The summed E-state index contributed by atoms with van der Waals surface area (Å²) in [5, 5.41) is 1.36. The number of hydrogen-bond donors (Lipinski definition) is 0. The molecule has 1 aliphatic rings. The number of fused-ring (bicyclic) bond motifs is 3. The first kappa shape index (κ1) is 41.1. The number of unbranched alkanes of at least 4 members (excludes halogenated alkanes) is 20. The summed E-state index contributed by atoms with van der Waals surface area (Å²) in [6, 6.07) is 11.2. The Kier molecular flexibility index (Phi) is 18.6. The van der Waals surface area contributed by atoms with E-state index in [-0.39, 0.29) is 5.97 Å². The quantitative estimate of drug-likeness (QED) is 0.0452. The zero-order valence-corrected chi connectivity index (χ0v) is 33.4. The Hall–Kier alpha value is -2.66. The largest absolute Gasteiger partial charge is 0.415 e. The van der Waals surface area contributed by atoms with Gasteiger partial charge in [-0.15, -0.1) is 0 Å². The summed E-state index contributed by atoms with van der Waals surface area (Å²) in [6.45, 7) is 9.83. The van der Waals surface area contributed by atoms with Crippen molar-refractivity contribution < 1.29 is 14.0 Å². The second kappa shape index (κ2) is 23.1. The second-order valence-corrected chi connectivity index (χ2v) is 16.4. The van der Waals surface area contributed by atoms with Crippen molar-refractivity contribution in [3.8, 4) is 0 Å². The molecule has 0 N–H and O–H groups in total. The number of pyridine rings is 1. The molecule has 2 aromatic heterocycles. The highest BCUT2D eigenvalue weighted by molar-refractivity contribution is 5.86. The maximum absolute atomic E-state index is 12.7. The molecule has 5 nitrogen and oxygen atoms in total. The highest BCUT2D eigenvalue weighted by atomic mass is 16.5. The molecule has 5 heteroatoms. The highest BCUT2D eigenvalue weighted by Gasteiger charge is 2.34. The molecule has 0 bridgehead atoms. The van der Waals surface area contributed by atoms with E-state index in [1.807, 2.05) is 13.1 Å². The molecule has 0 spiro atoms. The van der Waals surface area contributed by atoms with Crippen LogP contribution in [0.15, 0.2) is 36.5 Å². The predicted octanol–water partition coefficient (Wildman–Crippen LogP) is 12.5. The lowest BCUT2D eigenvalue weighted by molar-refractivity contribution is -0.940. The van der Waals surface area contributed by atoms with Crippen LogP contribution in [0.25, 0.3) is 10.9 Å². The molecule has 1 atom stereocenters. The van der Waals surface area contributed by atoms with Gasteiger partial charge in [-0.2, -0.15) is 0 Å². The van der Waals surface area contributed by atoms with Gasteiger partial charge in [0.25, 0.3) is 0 Å². The van der Waals surface area contributed by atoms with Gasteiger partial charge in [-0.3, -0.25) is 14.3 Å². The van der Waals surface area contributed by atoms with Crippen LogP contribution in [0.3, 0.4) is 0 Å². The first-order chi connectivity index (χ1) is 24.9. The average molecular weight is 701 g/mol. The maximum Gasteiger partial charge on any atom is 0.310 e. The van der Waals surface area contributed by atoms with Crippen molar-refractivity contribution in [1.29, 1.82) is 0 Å². The summed E-state index contributed by atoms with van der Waals surface area (Å²) >= 11 is 0. The van der Waals surface area contributed by atoms with Gasteiger partial charge in [0.15, 0.2) is 0 Å². The Morgan fingerprint density at radius 2 is 1.33 bits per heavy atom. The van der Waals surface area contributed by atoms with Gasteiger partial charge in [-0.25, -0.2) is 0 Å². The first-order valence-electron chi connectivity index (χ1n) is 21.4. The van der Waals surface area contributed by atoms with Crippen LogP contribution >= 0.6 is 0 Å². The van der Waals surface area contributed by atoms with Crippen molar-refractivity contribution in [3.63, 3.8) is 0 Å². The van der Waals surface area contributed by atoms with Crippen LogP contribution < -0.4 is 0 Å². The van der Waals surface area contributed by atoms with E-state index in [4.69, 9.17) is 4.74 Å². The van der Waals surface area contributed by atoms with E-state index in [0.29, 0.717) is 13.2 Å². The Labute approximate surface area is 312 Å². The molecule has 1 aromatic carbocycles. The Morgan fingerprint density at radius 3 is 1.88 bits per heavy atom. The Balaban J connectivity index is 1.02. The van der Waals surface area contributed by atoms with Gasteiger partial charge in [0, 0.05) is 53.4 Å². The molecule has 0 fully saturated rings. The summed E-state index contributed by atoms with van der Waals surface area (Å²) in [7, 11) is 2.26. The minimum Gasteiger partial charge on any atom is -0.415 e. The average Bonchev–Trinajstić information content (AvgIpc) is 3.42. The SMILES string of the molecule is CCCCCCCCCCCCCCCCCCCCCCCC(=O)OC[N+]1(C)CCc2c(c3cc(C)ccc3n2CCc2ccc(C)nc2)C1. The van der Waals surface area contributed by atoms with Gasteiger partial charge < -0.3 is 9.30 Å². The number of hydrogen-bond acceptors (Lipinski definition) is 3. The molecule has 1 aliphatic heterocycles. The van der Waals surface area contributed by atoms with E-state index >= 15 is 0 Å². The number of esters is 1. The fourth-order valence-electron chi connectivity index (χ4n) is 8.14. The molecule has 0 saturated carbocycles. The van der Waals surface area contributed by atoms with Gasteiger partial charge in [-0.05, 0) is 50.5 Å². The fourth-order valence-corrected chi connectivity index (χ4v) is 8.14. The number of ether oxygens (including phenoxy) is 1. The lowest BCUT2D eigenvalue weighted by Crippen LogP contribution is -2.49. The third kappa shape index (κ3) is 14.7. The number of rotatable bonds is 27. The minimum absolute atomic E-state index is 0.0251. The molecular weight excluding hydrogens is 627 g/mol. The van der Waals surface area contributed by atoms with Crippen LogP contribution in [0.2, 0.25) is 0 Å². The summed E-state index contributed by atoms with van der Waals surface area (Å²) in [4.78, 5) is 17.2. The monoisotopic (exact) mass is 701 g/mol. The van der Waals surface area contributed by atoms with E-state index in [0.717, 1.165) is 55.5 Å². The topological polar surface area (TPSA) is 44.1 Å². The first-order valence-corrected chi connectivity index (χ1v) is 21.4. The number of benzene rings is 1. The Morgan fingerprint density at radius 1 is 0.765 bits per heavy atom. The van der Waals surface area contributed by atoms with Crippen molar-refractivity contribution in [2.24, 2.45) is 0 Å². The number of nitrogens with zero attached hydrogens (tertiary/aromatic N) is 3. The van der Waals surface area contributed by atoms with Crippen molar-refractivity contribution in [3.05, 3.63) is 64.6 Å². The third-order valence-electron chi connectivity index (χ3n) is 11.5. The van der Waals surface area contributed by atoms with Crippen LogP contribution in [0.1, 0.15) is 176 Å². The van der Waals surface area contributed by atoms with E-state index in [1.54, 1.807) is 0 Å². The highest BCUT2D eigenvalue weighted by Crippen LogP contribution is 2.34. The molecule has 3 heterocycles. The molecular formula is C46H74N3O2+. The van der Waals surface area contributed by atoms with Crippen LogP contribution in [-0.4, -0.2) is 40.3 Å². The van der Waals surface area contributed by atoms with E-state index in [9.17, 15) is 4.79 Å². The normalized spacial score (nSPS) is 15.8. The van der Waals surface area contributed by atoms with Crippen molar-refractivity contribution in [2.75, 3.05) is 20.3 Å². The number of carbonyl (C=O) groups excluding carboxylic acids is 1. The van der Waals surface area contributed by atoms with Crippen molar-refractivity contribution in [2.45, 2.75) is 188 Å². The molecule has 51 heavy (non-hydrogen) atoms. The van der Waals surface area contributed by atoms with Gasteiger partial charge in [0.2, 0.25) is 6.73 Å². The predicted molar refractivity (Wildman–Crippen MR) is 216 cm³/mol.